The van der Waals surface area contributed by atoms with Gasteiger partial charge in [-0.3, -0.25) is 19.8 Å². The van der Waals surface area contributed by atoms with E-state index in [1.165, 1.54) is 4.68 Å². The number of fused-ring (bicyclic) bond motifs is 1. The van der Waals surface area contributed by atoms with E-state index in [1.54, 1.807) is 73.7 Å². The molecule has 0 unspecified atom stereocenters. The van der Waals surface area contributed by atoms with Crippen molar-refractivity contribution in [3.63, 3.8) is 0 Å². The van der Waals surface area contributed by atoms with E-state index in [0.29, 0.717) is 50.2 Å². The molecule has 3 amide bonds. The van der Waals surface area contributed by atoms with Gasteiger partial charge in [0.1, 0.15) is 11.4 Å². The number of hydrogen-bond acceptors (Lipinski definition) is 4. The molecule has 0 atom stereocenters. The van der Waals surface area contributed by atoms with Crippen molar-refractivity contribution in [3.8, 4) is 5.75 Å². The lowest BCUT2D eigenvalue weighted by Gasteiger charge is -2.14. The van der Waals surface area contributed by atoms with Crippen LogP contribution in [-0.2, 0) is 9.59 Å². The number of nitrogens with zero attached hydrogens (tertiary/aromatic N) is 1. The summed E-state index contributed by atoms with van der Waals surface area (Å²) in [5.74, 6) is -1.75. The van der Waals surface area contributed by atoms with E-state index in [1.807, 2.05) is 6.92 Å². The van der Waals surface area contributed by atoms with Gasteiger partial charge in [-0.15, -0.1) is 0 Å². The first-order chi connectivity index (χ1) is 17.3. The quantitative estimate of drug-likeness (QED) is 0.285. The smallest absolute Gasteiger partial charge is 0.328 e. The molecule has 1 heterocycles. The van der Waals surface area contributed by atoms with E-state index in [0.717, 1.165) is 0 Å². The fourth-order valence-corrected chi connectivity index (χ4v) is 3.90. The molecule has 0 saturated heterocycles. The highest BCUT2D eigenvalue weighted by Crippen LogP contribution is 2.26. The number of nitrogens with one attached hydrogen (secondary N) is 3. The molecule has 0 spiro atoms. The zero-order chi connectivity index (χ0) is 25.8. The summed E-state index contributed by atoms with van der Waals surface area (Å²) in [7, 11) is 0. The Kier molecular flexibility index (Phi) is 7.47. The topological polar surface area (TPSA) is 101 Å². The minimum atomic E-state index is -0.968. The first-order valence-electron chi connectivity index (χ1n) is 11.0. The number of halogens is 2. The minimum Gasteiger partial charge on any atom is -0.494 e. The number of hydrogen-bond donors (Lipinski definition) is 3. The van der Waals surface area contributed by atoms with Crippen molar-refractivity contribution in [1.82, 2.24) is 4.68 Å². The number of aromatic nitrogens is 1. The molecule has 0 aliphatic heterocycles. The Labute approximate surface area is 217 Å². The van der Waals surface area contributed by atoms with E-state index < -0.39 is 17.7 Å². The van der Waals surface area contributed by atoms with Crippen LogP contribution in [0.25, 0.3) is 10.9 Å². The fourth-order valence-electron chi connectivity index (χ4n) is 3.54. The van der Waals surface area contributed by atoms with Gasteiger partial charge in [0.2, 0.25) is 0 Å². The van der Waals surface area contributed by atoms with Crippen LogP contribution in [0.4, 0.5) is 11.4 Å². The van der Waals surface area contributed by atoms with Crippen LogP contribution >= 0.6 is 23.2 Å². The summed E-state index contributed by atoms with van der Waals surface area (Å²) in [5, 5.41) is 6.88. The van der Waals surface area contributed by atoms with Crippen molar-refractivity contribution < 1.29 is 19.1 Å². The van der Waals surface area contributed by atoms with Crippen LogP contribution in [0.3, 0.4) is 0 Å². The summed E-state index contributed by atoms with van der Waals surface area (Å²) in [5.41, 5.74) is 4.70. The van der Waals surface area contributed by atoms with Crippen LogP contribution in [0.1, 0.15) is 23.0 Å². The number of anilines is 2. The Morgan fingerprint density at radius 1 is 0.917 bits per heavy atom. The Morgan fingerprint density at radius 2 is 1.67 bits per heavy atom. The van der Waals surface area contributed by atoms with Crippen LogP contribution in [0.5, 0.6) is 5.75 Å². The molecular weight excluding hydrogens is 503 g/mol. The number of carbonyl (C=O) groups is 3. The third-order valence-electron chi connectivity index (χ3n) is 5.35. The molecule has 0 bridgehead atoms. The zero-order valence-electron chi connectivity index (χ0n) is 19.4. The maximum Gasteiger partial charge on any atom is 0.328 e. The summed E-state index contributed by atoms with van der Waals surface area (Å²) in [6, 6.07) is 18.2. The molecular formula is C26H22Cl2N4O4. The van der Waals surface area contributed by atoms with E-state index in [9.17, 15) is 14.4 Å². The Bertz CT molecular complexity index is 1470. The third-order valence-corrected chi connectivity index (χ3v) is 6.00. The lowest BCUT2D eigenvalue weighted by atomic mass is 10.2. The van der Waals surface area contributed by atoms with Crippen molar-refractivity contribution in [1.29, 1.82) is 0 Å². The SMILES string of the molecule is CCOc1ccc(NC(=O)C(=O)Nn2c(C(=O)Nc3cccc(Cl)c3C)cc3cc(Cl)ccc32)cc1. The molecule has 1 aromatic heterocycles. The summed E-state index contributed by atoms with van der Waals surface area (Å²) in [4.78, 5) is 38.6. The second-order valence-electron chi connectivity index (χ2n) is 7.79. The summed E-state index contributed by atoms with van der Waals surface area (Å²) in [6.45, 7) is 4.15. The Balaban J connectivity index is 1.59. The van der Waals surface area contributed by atoms with Crippen LogP contribution in [0.2, 0.25) is 10.0 Å². The van der Waals surface area contributed by atoms with E-state index in [4.69, 9.17) is 27.9 Å². The van der Waals surface area contributed by atoms with Crippen molar-refractivity contribution in [2.24, 2.45) is 0 Å². The van der Waals surface area contributed by atoms with E-state index in [-0.39, 0.29) is 5.69 Å². The molecule has 8 nitrogen and oxygen atoms in total. The van der Waals surface area contributed by atoms with Crippen molar-refractivity contribution in [2.75, 3.05) is 22.7 Å². The molecule has 0 aliphatic carbocycles. The van der Waals surface area contributed by atoms with Gasteiger partial charge in [-0.25, -0.2) is 4.68 Å². The normalized spacial score (nSPS) is 10.7. The molecule has 0 saturated carbocycles. The number of carbonyl (C=O) groups excluding carboxylic acids is 3. The van der Waals surface area contributed by atoms with Gasteiger partial charge < -0.3 is 15.4 Å². The van der Waals surface area contributed by atoms with Gasteiger partial charge >= 0.3 is 11.8 Å². The van der Waals surface area contributed by atoms with Gasteiger partial charge in [0.05, 0.1) is 12.1 Å². The molecule has 3 N–H and O–H groups in total. The third kappa shape index (κ3) is 5.45. The first-order valence-corrected chi connectivity index (χ1v) is 11.7. The van der Waals surface area contributed by atoms with Crippen molar-refractivity contribution >= 4 is 63.2 Å². The second-order valence-corrected chi connectivity index (χ2v) is 8.63. The highest BCUT2D eigenvalue weighted by Gasteiger charge is 2.22. The average molecular weight is 525 g/mol. The molecule has 36 heavy (non-hydrogen) atoms. The molecule has 0 radical (unpaired) electrons. The van der Waals surface area contributed by atoms with Gasteiger partial charge in [0.15, 0.2) is 0 Å². The van der Waals surface area contributed by atoms with Crippen LogP contribution in [0, 0.1) is 6.92 Å². The second kappa shape index (κ2) is 10.7. The van der Waals surface area contributed by atoms with Gasteiger partial charge in [-0.1, -0.05) is 29.3 Å². The summed E-state index contributed by atoms with van der Waals surface area (Å²) < 4.78 is 6.63. The predicted octanol–water partition coefficient (Wildman–Crippen LogP) is 5.62. The van der Waals surface area contributed by atoms with Gasteiger partial charge in [-0.2, -0.15) is 0 Å². The van der Waals surface area contributed by atoms with Gasteiger partial charge in [0, 0.05) is 26.8 Å². The lowest BCUT2D eigenvalue weighted by molar-refractivity contribution is -0.133. The number of amides is 3. The summed E-state index contributed by atoms with van der Waals surface area (Å²) >= 11 is 12.3. The van der Waals surface area contributed by atoms with Crippen LogP contribution in [0.15, 0.2) is 66.7 Å². The van der Waals surface area contributed by atoms with Crippen molar-refractivity contribution in [3.05, 3.63) is 88.0 Å². The van der Waals surface area contributed by atoms with E-state index >= 15 is 0 Å². The van der Waals surface area contributed by atoms with Crippen LogP contribution < -0.4 is 20.8 Å². The van der Waals surface area contributed by atoms with Gasteiger partial charge in [-0.05, 0) is 80.1 Å². The maximum atomic E-state index is 13.2. The fraction of sp³-hybridized carbons (Fsp3) is 0.115. The number of benzene rings is 3. The average Bonchev–Trinajstić information content (AvgIpc) is 3.20. The standard InChI is InChI=1S/C26H22Cl2N4O4/c1-3-36-19-10-8-18(9-11-19)29-25(34)26(35)31-32-22-12-7-17(27)13-16(22)14-23(32)24(33)30-21-6-4-5-20(28)15(21)2/h4-14H,3H2,1-2H3,(H,29,34)(H,30,33)(H,31,35). The van der Waals surface area contributed by atoms with E-state index in [2.05, 4.69) is 16.1 Å². The molecule has 10 heteroatoms. The number of rotatable bonds is 6. The highest BCUT2D eigenvalue weighted by atomic mass is 35.5. The largest absolute Gasteiger partial charge is 0.494 e. The minimum absolute atomic E-state index is 0.0915. The molecule has 3 aromatic carbocycles. The van der Waals surface area contributed by atoms with Gasteiger partial charge in [0.25, 0.3) is 5.91 Å². The van der Waals surface area contributed by atoms with Crippen molar-refractivity contribution in [2.45, 2.75) is 13.8 Å². The Hall–Kier alpha value is -4.01. The molecule has 4 rings (SSSR count). The molecule has 0 aliphatic rings. The van der Waals surface area contributed by atoms with Crippen LogP contribution in [-0.4, -0.2) is 29.0 Å². The monoisotopic (exact) mass is 524 g/mol. The molecule has 0 fully saturated rings. The predicted molar refractivity (Wildman–Crippen MR) is 142 cm³/mol. The first kappa shape index (κ1) is 25.1. The number of ether oxygens (including phenoxy) is 1. The summed E-state index contributed by atoms with van der Waals surface area (Å²) in [6.07, 6.45) is 0. The molecule has 4 aromatic rings. The molecule has 184 valence electrons. The Morgan fingerprint density at radius 3 is 2.39 bits per heavy atom. The lowest BCUT2D eigenvalue weighted by Crippen LogP contribution is -2.36. The maximum absolute atomic E-state index is 13.2. The highest BCUT2D eigenvalue weighted by molar-refractivity contribution is 6.42. The zero-order valence-corrected chi connectivity index (χ0v) is 20.9.